The molecule has 0 aliphatic carbocycles. The van der Waals surface area contributed by atoms with Crippen molar-refractivity contribution in [3.8, 4) is 0 Å². The van der Waals surface area contributed by atoms with Gasteiger partial charge in [0.05, 0.1) is 19.3 Å². The summed E-state index contributed by atoms with van der Waals surface area (Å²) in [7, 11) is 1.39. The number of nitrogens with zero attached hydrogens (tertiary/aromatic N) is 2. The number of methoxy groups -OCH3 is 1. The highest BCUT2D eigenvalue weighted by molar-refractivity contribution is 7.17. The zero-order valence-corrected chi connectivity index (χ0v) is 12.4. The Morgan fingerprint density at radius 2 is 2.42 bits per heavy atom. The highest BCUT2D eigenvalue weighted by Gasteiger charge is 2.27. The number of thiophene rings is 1. The fourth-order valence-electron chi connectivity index (χ4n) is 2.36. The van der Waals surface area contributed by atoms with Crippen LogP contribution in [0.5, 0.6) is 0 Å². The molecule has 1 aliphatic heterocycles. The highest BCUT2D eigenvalue weighted by Crippen LogP contribution is 2.37. The number of ether oxygens (including phenoxy) is 1. The van der Waals surface area contributed by atoms with E-state index < -0.39 is 0 Å². The van der Waals surface area contributed by atoms with Gasteiger partial charge in [0.15, 0.2) is 5.13 Å². The van der Waals surface area contributed by atoms with Crippen LogP contribution in [0.2, 0.25) is 0 Å². The second-order valence-corrected chi connectivity index (χ2v) is 6.43. The van der Waals surface area contributed by atoms with Crippen LogP contribution in [0.1, 0.15) is 33.1 Å². The molecule has 0 N–H and O–H groups in total. The first-order valence-electron chi connectivity index (χ1n) is 6.07. The second kappa shape index (κ2) is 4.94. The van der Waals surface area contributed by atoms with Crippen molar-refractivity contribution in [2.75, 3.05) is 18.6 Å². The number of aromatic nitrogens is 1. The Morgan fingerprint density at radius 3 is 3.21 bits per heavy atom. The second-order valence-electron chi connectivity index (χ2n) is 4.42. The molecule has 19 heavy (non-hydrogen) atoms. The SMILES string of the molecule is COC(=O)c1cnc(N2CCc3sccc3C2C)s1. The van der Waals surface area contributed by atoms with E-state index in [4.69, 9.17) is 4.74 Å². The lowest BCUT2D eigenvalue weighted by Gasteiger charge is -2.33. The van der Waals surface area contributed by atoms with E-state index in [9.17, 15) is 4.79 Å². The quantitative estimate of drug-likeness (QED) is 0.798. The van der Waals surface area contributed by atoms with E-state index >= 15 is 0 Å². The molecule has 0 spiro atoms. The number of fused-ring (bicyclic) bond motifs is 1. The third-order valence-corrected chi connectivity index (χ3v) is 5.41. The maximum absolute atomic E-state index is 11.5. The molecule has 4 nitrogen and oxygen atoms in total. The molecule has 1 unspecified atom stereocenters. The molecule has 3 rings (SSSR count). The maximum Gasteiger partial charge on any atom is 0.349 e. The van der Waals surface area contributed by atoms with Crippen molar-refractivity contribution in [2.24, 2.45) is 0 Å². The fraction of sp³-hybridized carbons (Fsp3) is 0.385. The molecule has 1 aliphatic rings. The minimum absolute atomic E-state index is 0.312. The Bertz CT molecular complexity index is 605. The molecule has 2 aromatic rings. The van der Waals surface area contributed by atoms with E-state index in [1.165, 1.54) is 28.9 Å². The van der Waals surface area contributed by atoms with Crippen LogP contribution >= 0.6 is 22.7 Å². The topological polar surface area (TPSA) is 42.4 Å². The maximum atomic E-state index is 11.5. The van der Waals surface area contributed by atoms with Gasteiger partial charge in [0.2, 0.25) is 0 Å². The number of rotatable bonds is 2. The van der Waals surface area contributed by atoms with Gasteiger partial charge in [-0.15, -0.1) is 11.3 Å². The van der Waals surface area contributed by atoms with Crippen molar-refractivity contribution in [1.29, 1.82) is 0 Å². The Balaban J connectivity index is 1.87. The van der Waals surface area contributed by atoms with Crippen molar-refractivity contribution < 1.29 is 9.53 Å². The minimum Gasteiger partial charge on any atom is -0.465 e. The Morgan fingerprint density at radius 1 is 1.58 bits per heavy atom. The smallest absolute Gasteiger partial charge is 0.349 e. The first kappa shape index (κ1) is 12.6. The van der Waals surface area contributed by atoms with Gasteiger partial charge in [0.25, 0.3) is 0 Å². The zero-order chi connectivity index (χ0) is 13.4. The fourth-order valence-corrected chi connectivity index (χ4v) is 4.27. The molecule has 1 atom stereocenters. The summed E-state index contributed by atoms with van der Waals surface area (Å²) >= 11 is 3.22. The Kier molecular flexibility index (Phi) is 3.28. The first-order chi connectivity index (χ1) is 9.20. The molecule has 100 valence electrons. The summed E-state index contributed by atoms with van der Waals surface area (Å²) in [5.41, 5.74) is 1.38. The number of hydrogen-bond acceptors (Lipinski definition) is 6. The van der Waals surface area contributed by atoms with Crippen LogP contribution in [0, 0.1) is 0 Å². The molecule has 0 fully saturated rings. The summed E-state index contributed by atoms with van der Waals surface area (Å²) in [5, 5.41) is 3.04. The van der Waals surface area contributed by atoms with Crippen molar-refractivity contribution >= 4 is 33.8 Å². The summed E-state index contributed by atoms with van der Waals surface area (Å²) in [6.07, 6.45) is 2.65. The average Bonchev–Trinajstić information content (AvgIpc) is 3.07. The first-order valence-corrected chi connectivity index (χ1v) is 7.77. The lowest BCUT2D eigenvalue weighted by molar-refractivity contribution is 0.0606. The summed E-state index contributed by atoms with van der Waals surface area (Å²) in [5.74, 6) is -0.315. The number of anilines is 1. The van der Waals surface area contributed by atoms with Crippen molar-refractivity contribution in [3.05, 3.63) is 33.0 Å². The predicted molar refractivity (Wildman–Crippen MR) is 77.2 cm³/mol. The molecule has 0 aromatic carbocycles. The van der Waals surface area contributed by atoms with E-state index in [0.717, 1.165) is 18.1 Å². The summed E-state index contributed by atoms with van der Waals surface area (Å²) in [4.78, 5) is 20.1. The lowest BCUT2D eigenvalue weighted by Crippen LogP contribution is -2.32. The van der Waals surface area contributed by atoms with E-state index in [-0.39, 0.29) is 5.97 Å². The third kappa shape index (κ3) is 2.15. The standard InChI is InChI=1S/C13H14N2O2S2/c1-8-9-4-6-18-10(9)3-5-15(8)13-14-7-11(19-13)12(16)17-2/h4,6-8H,3,5H2,1-2H3. The van der Waals surface area contributed by atoms with Gasteiger partial charge in [-0.1, -0.05) is 11.3 Å². The van der Waals surface area contributed by atoms with Gasteiger partial charge < -0.3 is 9.64 Å². The highest BCUT2D eigenvalue weighted by atomic mass is 32.1. The minimum atomic E-state index is -0.315. The third-order valence-electron chi connectivity index (χ3n) is 3.40. The van der Waals surface area contributed by atoms with Crippen LogP contribution < -0.4 is 4.90 Å². The van der Waals surface area contributed by atoms with Crippen LogP contribution in [0.3, 0.4) is 0 Å². The number of carbonyl (C=O) groups is 1. The zero-order valence-electron chi connectivity index (χ0n) is 10.8. The summed E-state index contributed by atoms with van der Waals surface area (Å²) in [6.45, 7) is 3.13. The molecular weight excluding hydrogens is 280 g/mol. The Hall–Kier alpha value is -1.40. The van der Waals surface area contributed by atoms with Crippen LogP contribution in [-0.2, 0) is 11.2 Å². The molecular formula is C13H14N2O2S2. The number of thiazole rings is 1. The summed E-state index contributed by atoms with van der Waals surface area (Å²) in [6, 6.07) is 2.50. The van der Waals surface area contributed by atoms with Gasteiger partial charge in [0, 0.05) is 11.4 Å². The molecule has 0 bridgehead atoms. The molecule has 3 heterocycles. The molecule has 0 saturated heterocycles. The van der Waals surface area contributed by atoms with E-state index in [2.05, 4.69) is 28.3 Å². The lowest BCUT2D eigenvalue weighted by atomic mass is 10.0. The largest absolute Gasteiger partial charge is 0.465 e. The van der Waals surface area contributed by atoms with Gasteiger partial charge in [-0.05, 0) is 30.4 Å². The number of carbonyl (C=O) groups excluding carboxylic acids is 1. The van der Waals surface area contributed by atoms with Crippen LogP contribution in [0.15, 0.2) is 17.6 Å². The van der Waals surface area contributed by atoms with Gasteiger partial charge in [0.1, 0.15) is 4.88 Å². The molecule has 6 heteroatoms. The van der Waals surface area contributed by atoms with Crippen LogP contribution in [-0.4, -0.2) is 24.6 Å². The van der Waals surface area contributed by atoms with Gasteiger partial charge in [-0.25, -0.2) is 9.78 Å². The summed E-state index contributed by atoms with van der Waals surface area (Å²) < 4.78 is 4.72. The van der Waals surface area contributed by atoms with Crippen LogP contribution in [0.4, 0.5) is 5.13 Å². The van der Waals surface area contributed by atoms with E-state index in [1.54, 1.807) is 6.20 Å². The monoisotopic (exact) mass is 294 g/mol. The van der Waals surface area contributed by atoms with E-state index in [0.29, 0.717) is 10.9 Å². The van der Waals surface area contributed by atoms with Gasteiger partial charge in [-0.2, -0.15) is 0 Å². The van der Waals surface area contributed by atoms with Gasteiger partial charge >= 0.3 is 5.97 Å². The molecule has 2 aromatic heterocycles. The van der Waals surface area contributed by atoms with E-state index in [1.807, 2.05) is 11.3 Å². The number of hydrogen-bond donors (Lipinski definition) is 0. The molecule has 0 radical (unpaired) electrons. The molecule has 0 saturated carbocycles. The van der Waals surface area contributed by atoms with Crippen molar-refractivity contribution in [1.82, 2.24) is 4.98 Å². The Labute approximate surface area is 119 Å². The molecule has 0 amide bonds. The van der Waals surface area contributed by atoms with Crippen molar-refractivity contribution in [2.45, 2.75) is 19.4 Å². The van der Waals surface area contributed by atoms with Crippen molar-refractivity contribution in [3.63, 3.8) is 0 Å². The van der Waals surface area contributed by atoms with Crippen LogP contribution in [0.25, 0.3) is 0 Å². The normalized spacial score (nSPS) is 18.2. The predicted octanol–water partition coefficient (Wildman–Crippen LogP) is 3.11. The average molecular weight is 294 g/mol. The number of esters is 1. The van der Waals surface area contributed by atoms with Gasteiger partial charge in [-0.3, -0.25) is 0 Å².